The molecular formula is C13H12N4O3. The normalized spacial score (nSPS) is 9.85. The molecule has 0 saturated heterocycles. The Labute approximate surface area is 115 Å². The molecule has 0 atom stereocenters. The van der Waals surface area contributed by atoms with Gasteiger partial charge in [0.1, 0.15) is 17.1 Å². The van der Waals surface area contributed by atoms with Gasteiger partial charge in [-0.3, -0.25) is 9.78 Å². The lowest BCUT2D eigenvalue weighted by molar-refractivity contribution is 0.0527. The maximum Gasteiger partial charge on any atom is 0.341 e. The lowest BCUT2D eigenvalue weighted by Gasteiger charge is -2.08. The van der Waals surface area contributed by atoms with Crippen molar-refractivity contribution in [3.05, 3.63) is 48.2 Å². The molecule has 2 heterocycles. The standard InChI is InChI=1S/C13H12N4O3/c1-2-20-13(19)9-4-3-5-16-11(9)17-12(18)10-8-14-6-7-15-10/h3-8H,2H2,1H3,(H,16,17,18). The lowest BCUT2D eigenvalue weighted by atomic mass is 10.2. The molecule has 0 saturated carbocycles. The number of rotatable bonds is 4. The van der Waals surface area contributed by atoms with Crippen molar-refractivity contribution in [1.29, 1.82) is 0 Å². The molecule has 0 aliphatic heterocycles. The number of anilines is 1. The fourth-order valence-electron chi connectivity index (χ4n) is 1.47. The van der Waals surface area contributed by atoms with E-state index in [0.29, 0.717) is 0 Å². The Bertz CT molecular complexity index is 616. The van der Waals surface area contributed by atoms with Gasteiger partial charge in [-0.15, -0.1) is 0 Å². The van der Waals surface area contributed by atoms with Crippen LogP contribution >= 0.6 is 0 Å². The molecule has 0 spiro atoms. The first kappa shape index (κ1) is 13.6. The second-order valence-electron chi connectivity index (χ2n) is 3.66. The van der Waals surface area contributed by atoms with Crippen LogP contribution in [0.2, 0.25) is 0 Å². The maximum absolute atomic E-state index is 11.9. The van der Waals surface area contributed by atoms with Crippen LogP contribution in [0.25, 0.3) is 0 Å². The fourth-order valence-corrected chi connectivity index (χ4v) is 1.47. The SMILES string of the molecule is CCOC(=O)c1cccnc1NC(=O)c1cnccn1. The van der Waals surface area contributed by atoms with Gasteiger partial charge >= 0.3 is 5.97 Å². The summed E-state index contributed by atoms with van der Waals surface area (Å²) in [5, 5.41) is 2.51. The van der Waals surface area contributed by atoms with Crippen molar-refractivity contribution < 1.29 is 14.3 Å². The van der Waals surface area contributed by atoms with E-state index < -0.39 is 11.9 Å². The zero-order chi connectivity index (χ0) is 14.4. The number of esters is 1. The van der Waals surface area contributed by atoms with Gasteiger partial charge in [-0.05, 0) is 19.1 Å². The average Bonchev–Trinajstić information content (AvgIpc) is 2.49. The van der Waals surface area contributed by atoms with E-state index in [-0.39, 0.29) is 23.7 Å². The maximum atomic E-state index is 11.9. The summed E-state index contributed by atoms with van der Waals surface area (Å²) < 4.78 is 4.90. The highest BCUT2D eigenvalue weighted by Gasteiger charge is 2.16. The van der Waals surface area contributed by atoms with Crippen molar-refractivity contribution in [3.8, 4) is 0 Å². The Hall–Kier alpha value is -2.83. The first-order valence-electron chi connectivity index (χ1n) is 5.92. The van der Waals surface area contributed by atoms with Crippen molar-refractivity contribution in [1.82, 2.24) is 15.0 Å². The minimum Gasteiger partial charge on any atom is -0.462 e. The first-order valence-corrected chi connectivity index (χ1v) is 5.92. The van der Waals surface area contributed by atoms with Crippen LogP contribution in [-0.4, -0.2) is 33.4 Å². The van der Waals surface area contributed by atoms with Crippen LogP contribution in [0.5, 0.6) is 0 Å². The predicted octanol–water partition coefficient (Wildman–Crippen LogP) is 1.30. The molecule has 0 aliphatic rings. The van der Waals surface area contributed by atoms with Crippen LogP contribution in [0.4, 0.5) is 5.82 Å². The first-order chi connectivity index (χ1) is 9.72. The van der Waals surface area contributed by atoms with Crippen molar-refractivity contribution in [2.75, 3.05) is 11.9 Å². The van der Waals surface area contributed by atoms with Gasteiger partial charge < -0.3 is 10.1 Å². The van der Waals surface area contributed by atoms with E-state index in [1.54, 1.807) is 13.0 Å². The van der Waals surface area contributed by atoms with Crippen molar-refractivity contribution in [3.63, 3.8) is 0 Å². The van der Waals surface area contributed by atoms with Gasteiger partial charge in [0.2, 0.25) is 0 Å². The predicted molar refractivity (Wildman–Crippen MR) is 70.2 cm³/mol. The summed E-state index contributed by atoms with van der Waals surface area (Å²) in [6.45, 7) is 1.94. The molecule has 7 nitrogen and oxygen atoms in total. The number of hydrogen-bond donors (Lipinski definition) is 1. The van der Waals surface area contributed by atoms with Crippen molar-refractivity contribution in [2.24, 2.45) is 0 Å². The summed E-state index contributed by atoms with van der Waals surface area (Å²) >= 11 is 0. The van der Waals surface area contributed by atoms with Gasteiger partial charge in [-0.1, -0.05) is 0 Å². The Morgan fingerprint density at radius 1 is 1.25 bits per heavy atom. The Kier molecular flexibility index (Phi) is 4.33. The zero-order valence-electron chi connectivity index (χ0n) is 10.7. The number of nitrogens with zero attached hydrogens (tertiary/aromatic N) is 3. The van der Waals surface area contributed by atoms with Crippen LogP contribution < -0.4 is 5.32 Å². The molecule has 7 heteroatoms. The summed E-state index contributed by atoms with van der Waals surface area (Å²) in [6.07, 6.45) is 5.65. The van der Waals surface area contributed by atoms with Gasteiger partial charge in [0.25, 0.3) is 5.91 Å². The molecule has 20 heavy (non-hydrogen) atoms. The van der Waals surface area contributed by atoms with E-state index in [4.69, 9.17) is 4.74 Å². The molecule has 1 amide bonds. The molecule has 2 aromatic rings. The summed E-state index contributed by atoms with van der Waals surface area (Å²) in [5.41, 5.74) is 0.319. The smallest absolute Gasteiger partial charge is 0.341 e. The second kappa shape index (κ2) is 6.37. The molecule has 2 rings (SSSR count). The monoisotopic (exact) mass is 272 g/mol. The molecule has 102 valence electrons. The minimum atomic E-state index is -0.546. The number of aromatic nitrogens is 3. The molecule has 0 unspecified atom stereocenters. The zero-order valence-corrected chi connectivity index (χ0v) is 10.7. The number of hydrogen-bond acceptors (Lipinski definition) is 6. The van der Waals surface area contributed by atoms with E-state index in [1.807, 2.05) is 0 Å². The molecule has 0 fully saturated rings. The van der Waals surface area contributed by atoms with E-state index in [2.05, 4.69) is 20.3 Å². The van der Waals surface area contributed by atoms with E-state index >= 15 is 0 Å². The molecule has 0 aliphatic carbocycles. The summed E-state index contributed by atoms with van der Waals surface area (Å²) in [6, 6.07) is 3.11. The molecule has 2 aromatic heterocycles. The van der Waals surface area contributed by atoms with Crippen molar-refractivity contribution in [2.45, 2.75) is 6.92 Å². The van der Waals surface area contributed by atoms with Crippen LogP contribution in [0.1, 0.15) is 27.8 Å². The molecule has 0 bridgehead atoms. The fraction of sp³-hybridized carbons (Fsp3) is 0.154. The third-order valence-corrected chi connectivity index (χ3v) is 2.33. The highest BCUT2D eigenvalue weighted by molar-refractivity contribution is 6.05. The Balaban J connectivity index is 2.21. The third-order valence-electron chi connectivity index (χ3n) is 2.33. The van der Waals surface area contributed by atoms with Crippen molar-refractivity contribution >= 4 is 17.7 Å². The number of pyridine rings is 1. The number of amides is 1. The Morgan fingerprint density at radius 2 is 2.10 bits per heavy atom. The van der Waals surface area contributed by atoms with Gasteiger partial charge in [0, 0.05) is 18.6 Å². The topological polar surface area (TPSA) is 94.1 Å². The highest BCUT2D eigenvalue weighted by Crippen LogP contribution is 2.13. The summed E-state index contributed by atoms with van der Waals surface area (Å²) in [4.78, 5) is 35.3. The van der Waals surface area contributed by atoms with Gasteiger partial charge in [0.05, 0.1) is 12.8 Å². The lowest BCUT2D eigenvalue weighted by Crippen LogP contribution is -2.18. The van der Waals surface area contributed by atoms with Crippen LogP contribution in [0, 0.1) is 0 Å². The van der Waals surface area contributed by atoms with E-state index in [9.17, 15) is 9.59 Å². The third kappa shape index (κ3) is 3.14. The summed E-state index contributed by atoms with van der Waals surface area (Å²) in [5.74, 6) is -0.918. The largest absolute Gasteiger partial charge is 0.462 e. The number of carbonyl (C=O) groups is 2. The van der Waals surface area contributed by atoms with Crippen LogP contribution in [0.15, 0.2) is 36.9 Å². The molecule has 0 radical (unpaired) electrons. The van der Waals surface area contributed by atoms with Gasteiger partial charge in [-0.25, -0.2) is 14.8 Å². The number of ether oxygens (including phenoxy) is 1. The van der Waals surface area contributed by atoms with E-state index in [0.717, 1.165) is 0 Å². The number of nitrogens with one attached hydrogen (secondary N) is 1. The van der Waals surface area contributed by atoms with Gasteiger partial charge in [0.15, 0.2) is 0 Å². The van der Waals surface area contributed by atoms with Crippen LogP contribution in [0.3, 0.4) is 0 Å². The van der Waals surface area contributed by atoms with Crippen LogP contribution in [-0.2, 0) is 4.74 Å². The second-order valence-corrected chi connectivity index (χ2v) is 3.66. The number of carbonyl (C=O) groups excluding carboxylic acids is 2. The summed E-state index contributed by atoms with van der Waals surface area (Å²) in [7, 11) is 0. The molecule has 0 aromatic carbocycles. The quantitative estimate of drug-likeness (QED) is 0.843. The highest BCUT2D eigenvalue weighted by atomic mass is 16.5. The Morgan fingerprint density at radius 3 is 2.80 bits per heavy atom. The average molecular weight is 272 g/mol. The van der Waals surface area contributed by atoms with E-state index in [1.165, 1.54) is 30.9 Å². The van der Waals surface area contributed by atoms with Gasteiger partial charge in [-0.2, -0.15) is 0 Å². The molecule has 1 N–H and O–H groups in total. The minimum absolute atomic E-state index is 0.126. The molecular weight excluding hydrogens is 260 g/mol.